The molecule has 0 radical (unpaired) electrons. The summed E-state index contributed by atoms with van der Waals surface area (Å²) < 4.78 is 0. The number of hydrogen-bond acceptors (Lipinski definition) is 3. The average Bonchev–Trinajstić information content (AvgIpc) is 2.41. The molecular formula is C16H18N2O. The minimum absolute atomic E-state index is 0.198. The number of nitrogens with zero attached hydrogens (tertiary/aromatic N) is 2. The number of benzene rings is 2. The highest BCUT2D eigenvalue weighted by Gasteiger charge is 2.05. The molecule has 0 amide bonds. The van der Waals surface area contributed by atoms with Crippen molar-refractivity contribution in [1.29, 1.82) is 0 Å². The highest BCUT2D eigenvalue weighted by molar-refractivity contribution is 5.57. The highest BCUT2D eigenvalue weighted by atomic mass is 16.3. The fourth-order valence-corrected chi connectivity index (χ4v) is 2.03. The Balaban J connectivity index is 2.38. The lowest BCUT2D eigenvalue weighted by molar-refractivity contribution is 0.472. The minimum atomic E-state index is 0.198. The summed E-state index contributed by atoms with van der Waals surface area (Å²) in [6.45, 7) is 5.93. The summed E-state index contributed by atoms with van der Waals surface area (Å²) in [5, 5.41) is 18.4. The Hall–Kier alpha value is -2.16. The number of rotatable bonds is 3. The second-order valence-electron chi connectivity index (χ2n) is 4.63. The van der Waals surface area contributed by atoms with Gasteiger partial charge in [-0.15, -0.1) is 5.11 Å². The van der Waals surface area contributed by atoms with Gasteiger partial charge in [0.2, 0.25) is 0 Å². The van der Waals surface area contributed by atoms with Gasteiger partial charge in [0.05, 0.1) is 5.69 Å². The molecule has 0 spiro atoms. The Kier molecular flexibility index (Phi) is 3.95. The van der Waals surface area contributed by atoms with Crippen LogP contribution in [0.15, 0.2) is 46.6 Å². The van der Waals surface area contributed by atoms with Crippen LogP contribution in [-0.4, -0.2) is 5.11 Å². The first kappa shape index (κ1) is 13.3. The number of aromatic hydroxyl groups is 1. The number of phenols is 1. The van der Waals surface area contributed by atoms with Crippen LogP contribution in [0.2, 0.25) is 0 Å². The third kappa shape index (κ3) is 2.99. The normalized spacial score (nSPS) is 11.1. The molecular weight excluding hydrogens is 236 g/mol. The van der Waals surface area contributed by atoms with Gasteiger partial charge in [0.15, 0.2) is 0 Å². The van der Waals surface area contributed by atoms with Crippen molar-refractivity contribution in [2.24, 2.45) is 10.2 Å². The topological polar surface area (TPSA) is 45.0 Å². The maximum absolute atomic E-state index is 9.97. The zero-order valence-electron chi connectivity index (χ0n) is 11.5. The molecule has 0 unspecified atom stereocenters. The molecule has 0 heterocycles. The van der Waals surface area contributed by atoms with Crippen molar-refractivity contribution < 1.29 is 5.11 Å². The van der Waals surface area contributed by atoms with E-state index in [4.69, 9.17) is 0 Å². The van der Waals surface area contributed by atoms with Gasteiger partial charge in [-0.3, -0.25) is 0 Å². The van der Waals surface area contributed by atoms with Crippen LogP contribution in [0.4, 0.5) is 11.4 Å². The van der Waals surface area contributed by atoms with Crippen LogP contribution in [0.1, 0.15) is 23.6 Å². The summed E-state index contributed by atoms with van der Waals surface area (Å²) in [6.07, 6.45) is 0.911. The summed E-state index contributed by atoms with van der Waals surface area (Å²) in [4.78, 5) is 0. The van der Waals surface area contributed by atoms with Gasteiger partial charge >= 0.3 is 0 Å². The summed E-state index contributed by atoms with van der Waals surface area (Å²) >= 11 is 0. The first-order chi connectivity index (χ1) is 9.11. The van der Waals surface area contributed by atoms with E-state index in [-0.39, 0.29) is 5.75 Å². The van der Waals surface area contributed by atoms with Crippen molar-refractivity contribution in [2.45, 2.75) is 27.2 Å². The third-order valence-corrected chi connectivity index (χ3v) is 3.06. The molecule has 2 aromatic carbocycles. The second kappa shape index (κ2) is 5.65. The fourth-order valence-electron chi connectivity index (χ4n) is 2.03. The van der Waals surface area contributed by atoms with Crippen molar-refractivity contribution in [1.82, 2.24) is 0 Å². The van der Waals surface area contributed by atoms with Crippen LogP contribution in [0.3, 0.4) is 0 Å². The van der Waals surface area contributed by atoms with Gasteiger partial charge in [0, 0.05) is 0 Å². The molecule has 1 N–H and O–H groups in total. The van der Waals surface area contributed by atoms with E-state index >= 15 is 0 Å². The summed E-state index contributed by atoms with van der Waals surface area (Å²) in [5.74, 6) is 0.198. The van der Waals surface area contributed by atoms with Crippen LogP contribution in [0, 0.1) is 13.8 Å². The predicted molar refractivity (Wildman–Crippen MR) is 77.6 cm³/mol. The zero-order chi connectivity index (χ0) is 13.8. The molecule has 0 aliphatic heterocycles. The number of azo groups is 1. The number of hydrogen-bond donors (Lipinski definition) is 1. The Morgan fingerprint density at radius 3 is 2.42 bits per heavy atom. The SMILES string of the molecule is CCc1ccccc1N=Nc1cc(C)cc(C)c1O. The van der Waals surface area contributed by atoms with Gasteiger partial charge in [0.1, 0.15) is 11.4 Å². The van der Waals surface area contributed by atoms with Gasteiger partial charge in [-0.2, -0.15) is 5.11 Å². The maximum Gasteiger partial charge on any atom is 0.146 e. The Morgan fingerprint density at radius 1 is 1.00 bits per heavy atom. The minimum Gasteiger partial charge on any atom is -0.505 e. The lowest BCUT2D eigenvalue weighted by atomic mass is 10.1. The molecule has 0 saturated carbocycles. The Labute approximate surface area is 113 Å². The van der Waals surface area contributed by atoms with E-state index in [9.17, 15) is 5.11 Å². The van der Waals surface area contributed by atoms with Gasteiger partial charge in [-0.25, -0.2) is 0 Å². The van der Waals surface area contributed by atoms with Crippen LogP contribution < -0.4 is 0 Å². The number of aryl methyl sites for hydroxylation is 3. The van der Waals surface area contributed by atoms with E-state index in [0.29, 0.717) is 5.69 Å². The monoisotopic (exact) mass is 254 g/mol. The van der Waals surface area contributed by atoms with Gasteiger partial charge in [0.25, 0.3) is 0 Å². The maximum atomic E-state index is 9.97. The van der Waals surface area contributed by atoms with Crippen molar-refractivity contribution in [3.63, 3.8) is 0 Å². The lowest BCUT2D eigenvalue weighted by Gasteiger charge is -2.04. The lowest BCUT2D eigenvalue weighted by Crippen LogP contribution is -1.80. The molecule has 0 atom stereocenters. The third-order valence-electron chi connectivity index (χ3n) is 3.06. The van der Waals surface area contributed by atoms with Crippen LogP contribution >= 0.6 is 0 Å². The first-order valence-corrected chi connectivity index (χ1v) is 6.41. The smallest absolute Gasteiger partial charge is 0.146 e. The molecule has 0 aliphatic rings. The van der Waals surface area contributed by atoms with E-state index in [1.807, 2.05) is 50.2 Å². The molecule has 0 aliphatic carbocycles. The van der Waals surface area contributed by atoms with Crippen molar-refractivity contribution >= 4 is 11.4 Å². The average molecular weight is 254 g/mol. The first-order valence-electron chi connectivity index (χ1n) is 6.41. The zero-order valence-corrected chi connectivity index (χ0v) is 11.5. The van der Waals surface area contributed by atoms with Gasteiger partial charge in [-0.05, 0) is 49.1 Å². The Bertz CT molecular complexity index is 618. The Morgan fingerprint density at radius 2 is 1.68 bits per heavy atom. The standard InChI is InChI=1S/C16H18N2O/c1-4-13-7-5-6-8-14(13)17-18-15-10-11(2)9-12(3)16(15)19/h5-10,19H,4H2,1-3H3. The van der Waals surface area contributed by atoms with E-state index in [0.717, 1.165) is 28.8 Å². The summed E-state index contributed by atoms with van der Waals surface area (Å²) in [6, 6.07) is 11.7. The molecule has 0 saturated heterocycles. The molecule has 3 nitrogen and oxygen atoms in total. The molecule has 0 bridgehead atoms. The second-order valence-corrected chi connectivity index (χ2v) is 4.63. The number of phenolic OH excluding ortho intramolecular Hbond substituents is 1. The van der Waals surface area contributed by atoms with Crippen molar-refractivity contribution in [3.05, 3.63) is 53.1 Å². The summed E-state index contributed by atoms with van der Waals surface area (Å²) in [5.41, 5.74) is 4.40. The van der Waals surface area contributed by atoms with E-state index in [2.05, 4.69) is 17.2 Å². The van der Waals surface area contributed by atoms with Crippen molar-refractivity contribution in [2.75, 3.05) is 0 Å². The predicted octanol–water partition coefficient (Wildman–Crippen LogP) is 4.99. The summed E-state index contributed by atoms with van der Waals surface area (Å²) in [7, 11) is 0. The van der Waals surface area contributed by atoms with Gasteiger partial charge in [-0.1, -0.05) is 31.2 Å². The molecule has 0 fully saturated rings. The van der Waals surface area contributed by atoms with E-state index in [1.165, 1.54) is 0 Å². The molecule has 2 rings (SSSR count). The van der Waals surface area contributed by atoms with Crippen molar-refractivity contribution in [3.8, 4) is 5.75 Å². The van der Waals surface area contributed by atoms with Crippen LogP contribution in [-0.2, 0) is 6.42 Å². The molecule has 3 heteroatoms. The molecule has 2 aromatic rings. The highest BCUT2D eigenvalue weighted by Crippen LogP contribution is 2.33. The molecule has 98 valence electrons. The fraction of sp³-hybridized carbons (Fsp3) is 0.250. The quantitative estimate of drug-likeness (QED) is 0.771. The van der Waals surface area contributed by atoms with Crippen LogP contribution in [0.5, 0.6) is 5.75 Å². The molecule has 19 heavy (non-hydrogen) atoms. The van der Waals surface area contributed by atoms with E-state index < -0.39 is 0 Å². The van der Waals surface area contributed by atoms with E-state index in [1.54, 1.807) is 0 Å². The largest absolute Gasteiger partial charge is 0.505 e. The molecule has 0 aromatic heterocycles. The van der Waals surface area contributed by atoms with Crippen LogP contribution in [0.25, 0.3) is 0 Å². The van der Waals surface area contributed by atoms with Gasteiger partial charge < -0.3 is 5.11 Å².